The molecule has 5 aromatic rings. The van der Waals surface area contributed by atoms with Gasteiger partial charge in [-0.1, -0.05) is 93.2 Å². The molecule has 2 unspecified atom stereocenters. The maximum absolute atomic E-state index is 12.8. The van der Waals surface area contributed by atoms with E-state index in [4.69, 9.17) is 47.4 Å². The number of piperidine rings is 1. The van der Waals surface area contributed by atoms with Crippen LogP contribution in [0.15, 0.2) is 127 Å². The van der Waals surface area contributed by atoms with Gasteiger partial charge in [-0.05, 0) is 77.7 Å². The summed E-state index contributed by atoms with van der Waals surface area (Å²) in [6.07, 6.45) is 7.17. The zero-order valence-corrected chi connectivity index (χ0v) is 47.0. The summed E-state index contributed by atoms with van der Waals surface area (Å²) in [4.78, 5) is 41.0. The van der Waals surface area contributed by atoms with E-state index in [9.17, 15) is 19.5 Å². The molecule has 81 heavy (non-hydrogen) atoms. The summed E-state index contributed by atoms with van der Waals surface area (Å²) >= 11 is 0. The van der Waals surface area contributed by atoms with Gasteiger partial charge < -0.3 is 62.3 Å². The van der Waals surface area contributed by atoms with E-state index in [1.807, 2.05) is 35.1 Å². The highest BCUT2D eigenvalue weighted by molar-refractivity contribution is 6.10. The molecule has 1 N–H and O–H groups in total. The molecule has 16 nitrogen and oxygen atoms in total. The van der Waals surface area contributed by atoms with Gasteiger partial charge in [-0.3, -0.25) is 0 Å². The maximum Gasteiger partial charge on any atom is 0.333 e. The van der Waals surface area contributed by atoms with Gasteiger partial charge in [0, 0.05) is 82.5 Å². The first-order valence-corrected chi connectivity index (χ1v) is 27.9. The Morgan fingerprint density at radius 1 is 0.765 bits per heavy atom. The monoisotopic (exact) mass is 1110 g/mol. The van der Waals surface area contributed by atoms with Gasteiger partial charge in [0.25, 0.3) is 0 Å². The molecule has 9 rings (SSSR count). The van der Waals surface area contributed by atoms with Gasteiger partial charge in [0.2, 0.25) is 0 Å². The molecule has 0 radical (unpaired) electrons. The smallest absolute Gasteiger partial charge is 0.333 e. The number of benzene rings is 5. The molecule has 2 saturated heterocycles. The molecule has 5 aromatic carbocycles. The van der Waals surface area contributed by atoms with Gasteiger partial charge >= 0.3 is 11.9 Å². The molecule has 3 heterocycles. The molecule has 0 saturated carbocycles. The highest BCUT2D eigenvalue weighted by Crippen LogP contribution is 2.59. The van der Waals surface area contributed by atoms with Crippen LogP contribution in [0.5, 0.6) is 11.5 Å². The molecular formula is C65H74N2O14. The van der Waals surface area contributed by atoms with E-state index in [2.05, 4.69) is 104 Å². The van der Waals surface area contributed by atoms with E-state index < -0.39 is 23.0 Å². The standard InChI is InChI=1S/C65H74N2O14/c1-45(2)63(71)80-39-37-78-35-33-76-31-29-74-28-30-75-32-34-77-36-38-79-50(44-68)40-46-12-11-23-67(56(46)43-59(69)70)57-41-53-54(42-58(57)72-5)62-52(61-60(53)51-15-9-10-16-55(51)64(61,3)4)21-22-65(81-62,47-13-7-6-8-14-47)48-17-19-49(20-18-48)66-24-26-73-27-25-66/h6-10,13-22,41-43,46H,1,11-12,23-40H2,2-5H3,(H,69,70). The number of methoxy groups -OCH3 is 1. The SMILES string of the molecule is C=C(C)C(=O)OCCOCCOCCOCCOCCOCCOC(=C=O)CC1CCCN(c2cc3c4c(c5c(c3cc2OC)OC(c2ccccc2)(c2ccc(N3CCOCC3)cc2)C=C5)C(C)(C)c2ccccc2-4)C1=CC(=O)O. The molecule has 3 aliphatic heterocycles. The predicted octanol–water partition coefficient (Wildman–Crippen LogP) is 9.85. The van der Waals surface area contributed by atoms with Crippen LogP contribution in [-0.2, 0) is 63.3 Å². The van der Waals surface area contributed by atoms with Crippen molar-refractivity contribution >= 4 is 46.1 Å². The van der Waals surface area contributed by atoms with Crippen LogP contribution >= 0.6 is 0 Å². The minimum atomic E-state index is -1.10. The number of anilines is 2. The third kappa shape index (κ3) is 13.4. The number of rotatable bonds is 28. The van der Waals surface area contributed by atoms with Crippen molar-refractivity contribution in [3.63, 3.8) is 0 Å². The van der Waals surface area contributed by atoms with Crippen LogP contribution in [0.3, 0.4) is 0 Å². The van der Waals surface area contributed by atoms with Crippen molar-refractivity contribution in [1.29, 1.82) is 0 Å². The van der Waals surface area contributed by atoms with Gasteiger partial charge in [-0.2, -0.15) is 0 Å². The highest BCUT2D eigenvalue weighted by Gasteiger charge is 2.45. The van der Waals surface area contributed by atoms with Crippen LogP contribution in [0.1, 0.15) is 67.9 Å². The van der Waals surface area contributed by atoms with E-state index >= 15 is 0 Å². The van der Waals surface area contributed by atoms with Crippen molar-refractivity contribution in [2.75, 3.05) is 129 Å². The van der Waals surface area contributed by atoms with Crippen LogP contribution in [0, 0.1) is 5.92 Å². The van der Waals surface area contributed by atoms with E-state index in [1.165, 1.54) is 11.6 Å². The fraction of sp³-hybridized carbons (Fsp3) is 0.415. The summed E-state index contributed by atoms with van der Waals surface area (Å²) in [7, 11) is 1.64. The number of ether oxygens (including phenoxy) is 10. The number of hydrogen-bond acceptors (Lipinski definition) is 15. The minimum Gasteiger partial charge on any atom is -0.495 e. The molecule has 0 bridgehead atoms. The molecule has 0 amide bonds. The second-order valence-corrected chi connectivity index (χ2v) is 20.9. The number of esters is 1. The zero-order chi connectivity index (χ0) is 56.8. The molecule has 4 aliphatic rings. The summed E-state index contributed by atoms with van der Waals surface area (Å²) in [6, 6.07) is 31.8. The molecule has 16 heteroatoms. The predicted molar refractivity (Wildman–Crippen MR) is 310 cm³/mol. The lowest BCUT2D eigenvalue weighted by atomic mass is 9.76. The Kier molecular flexibility index (Phi) is 19.8. The second kappa shape index (κ2) is 27.5. The number of allylic oxidation sites excluding steroid dienone is 2. The highest BCUT2D eigenvalue weighted by atomic mass is 16.6. The summed E-state index contributed by atoms with van der Waals surface area (Å²) in [5, 5.41) is 12.3. The second-order valence-electron chi connectivity index (χ2n) is 20.9. The first-order chi connectivity index (χ1) is 39.4. The lowest BCUT2D eigenvalue weighted by Gasteiger charge is -2.40. The number of hydrogen-bond donors (Lipinski definition) is 1. The van der Waals surface area contributed by atoms with Gasteiger partial charge in [-0.15, -0.1) is 0 Å². The number of nitrogens with zero attached hydrogens (tertiary/aromatic N) is 2. The number of carbonyl (C=O) groups is 2. The molecule has 428 valence electrons. The summed E-state index contributed by atoms with van der Waals surface area (Å²) in [5.74, 6) is 1.42. The largest absolute Gasteiger partial charge is 0.495 e. The fourth-order valence-corrected chi connectivity index (χ4v) is 11.4. The molecule has 0 spiro atoms. The Hall–Kier alpha value is -7.27. The van der Waals surface area contributed by atoms with Crippen LogP contribution in [0.4, 0.5) is 11.4 Å². The molecule has 1 aliphatic carbocycles. The lowest BCUT2D eigenvalue weighted by Crippen LogP contribution is -2.37. The van der Waals surface area contributed by atoms with E-state index in [0.717, 1.165) is 68.7 Å². The van der Waals surface area contributed by atoms with Crippen molar-refractivity contribution in [2.24, 2.45) is 5.92 Å². The molecule has 2 atom stereocenters. The number of aliphatic carboxylic acids is 1. The summed E-state index contributed by atoms with van der Waals surface area (Å²) in [5.41, 5.74) is 8.85. The molecular weight excluding hydrogens is 1030 g/mol. The van der Waals surface area contributed by atoms with Gasteiger partial charge in [-0.25, -0.2) is 14.4 Å². The third-order valence-corrected chi connectivity index (χ3v) is 15.3. The van der Waals surface area contributed by atoms with Crippen molar-refractivity contribution in [2.45, 2.75) is 51.0 Å². The quantitative estimate of drug-likeness (QED) is 0.0165. The van der Waals surface area contributed by atoms with Crippen molar-refractivity contribution in [3.8, 4) is 22.6 Å². The average molecular weight is 1110 g/mol. The Labute approximate surface area is 474 Å². The Bertz CT molecular complexity index is 3120. The Morgan fingerprint density at radius 2 is 1.37 bits per heavy atom. The van der Waals surface area contributed by atoms with Gasteiger partial charge in [0.15, 0.2) is 17.3 Å². The maximum atomic E-state index is 12.8. The number of carboxylic acids is 1. The van der Waals surface area contributed by atoms with Crippen LogP contribution in [0.25, 0.3) is 28.0 Å². The lowest BCUT2D eigenvalue weighted by molar-refractivity contribution is -0.140. The van der Waals surface area contributed by atoms with Crippen LogP contribution in [-0.4, -0.2) is 142 Å². The van der Waals surface area contributed by atoms with Crippen LogP contribution in [0.2, 0.25) is 0 Å². The number of fused-ring (bicyclic) bond motifs is 8. The van der Waals surface area contributed by atoms with Crippen molar-refractivity contribution in [3.05, 3.63) is 155 Å². The van der Waals surface area contributed by atoms with E-state index in [0.29, 0.717) is 108 Å². The molecule has 0 aromatic heterocycles. The van der Waals surface area contributed by atoms with Crippen LogP contribution < -0.4 is 19.3 Å². The van der Waals surface area contributed by atoms with E-state index in [-0.39, 0.29) is 44.5 Å². The normalized spacial score (nSPS) is 18.4. The van der Waals surface area contributed by atoms with E-state index in [1.54, 1.807) is 14.0 Å². The summed E-state index contributed by atoms with van der Waals surface area (Å²) in [6.45, 7) is 17.0. The summed E-state index contributed by atoms with van der Waals surface area (Å²) < 4.78 is 58.3. The number of carboxylic acid groups (broad SMARTS) is 1. The molecule has 2 fully saturated rings. The first-order valence-electron chi connectivity index (χ1n) is 27.9. The van der Waals surface area contributed by atoms with Crippen molar-refractivity contribution in [1.82, 2.24) is 0 Å². The Morgan fingerprint density at radius 3 is 1.99 bits per heavy atom. The zero-order valence-electron chi connectivity index (χ0n) is 47.0. The number of carbonyl (C=O) groups excluding carboxylic acids is 2. The van der Waals surface area contributed by atoms with Crippen molar-refractivity contribution < 1.29 is 66.9 Å². The van der Waals surface area contributed by atoms with Gasteiger partial charge in [0.05, 0.1) is 92.1 Å². The fourth-order valence-electron chi connectivity index (χ4n) is 11.4. The topological polar surface area (TPSA) is 170 Å². The minimum absolute atomic E-state index is 0.0878. The third-order valence-electron chi connectivity index (χ3n) is 15.3. The van der Waals surface area contributed by atoms with Gasteiger partial charge in [0.1, 0.15) is 24.7 Å². The number of morpholine rings is 1. The Balaban J connectivity index is 0.880. The average Bonchev–Trinajstić information content (AvgIpc) is 2.24. The first kappa shape index (κ1) is 58.4.